The number of carboxylic acid groups (broad SMARTS) is 1. The normalized spacial score (nSPS) is 31.0. The van der Waals surface area contributed by atoms with Gasteiger partial charge in [-0.1, -0.05) is 30.3 Å². The summed E-state index contributed by atoms with van der Waals surface area (Å²) in [5.41, 5.74) is 9.75. The molecule has 12 N–H and O–H groups in total. The number of aromatic hydroxyl groups is 3. The van der Waals surface area contributed by atoms with Crippen LogP contribution in [0.15, 0.2) is 68.8 Å². The number of phenolic OH excluding ortho intramolecular Hbond substituents is 3. The van der Waals surface area contributed by atoms with Gasteiger partial charge >= 0.3 is 5.97 Å². The Morgan fingerprint density at radius 2 is 1.80 bits per heavy atom. The number of phenols is 3. The monoisotopic (exact) mass is 812 g/mol. The van der Waals surface area contributed by atoms with E-state index in [0.717, 1.165) is 54.4 Å². The van der Waals surface area contributed by atoms with Crippen molar-refractivity contribution in [3.63, 3.8) is 0 Å². The van der Waals surface area contributed by atoms with Crippen molar-refractivity contribution in [3.8, 4) is 34.3 Å². The largest absolute Gasteiger partial charge is 0.508 e. The first-order valence-electron chi connectivity index (χ1n) is 19.1. The predicted molar refractivity (Wildman–Crippen MR) is 211 cm³/mol. The molecule has 0 spiro atoms. The van der Waals surface area contributed by atoms with E-state index in [1.54, 1.807) is 12.1 Å². The third-order valence-corrected chi connectivity index (χ3v) is 12.7. The molecule has 4 aromatic rings. The lowest BCUT2D eigenvalue weighted by molar-refractivity contribution is -0.303. The summed E-state index contributed by atoms with van der Waals surface area (Å²) in [4.78, 5) is 43.0. The molecule has 3 fully saturated rings. The van der Waals surface area contributed by atoms with Crippen LogP contribution in [0.3, 0.4) is 0 Å². The van der Waals surface area contributed by atoms with Gasteiger partial charge in [-0.2, -0.15) is 0 Å². The predicted octanol–water partition coefficient (Wildman–Crippen LogP) is 1.72. The molecule has 0 amide bonds. The van der Waals surface area contributed by atoms with Gasteiger partial charge in [-0.15, -0.1) is 0 Å². The second-order valence-electron chi connectivity index (χ2n) is 15.9. The minimum absolute atomic E-state index is 0.0258. The van der Waals surface area contributed by atoms with E-state index in [1.807, 2.05) is 31.3 Å². The highest BCUT2D eigenvalue weighted by molar-refractivity contribution is 5.95. The Balaban J connectivity index is 1.25. The number of rotatable bonds is 9. The standard InChI is InChI=1S/C42H44N4O13/c1-45-30-9-6-18-10-24-21-5-3-2-4-19(21)11-25(32(24)41(30,15-18)17-47)23-12-20(48)7-8-22(23)27-13-26(49)31-28(57-27)14-29(33(50)34(31)51)58-39-37(53)42(56,16-46-40(43)44)36(52)35(59-39)38(54)55/h2-5,7-8,11-14,17-18,24,30,32,35-37,39,45,48,50-53,56H,6,9-10,15-16H2,1H3,(H,54,55)(H4,43,44,46)/t18-,24-,30+,32+,35-,36+,37-,39-,41+,42-/m0/s1. The van der Waals surface area contributed by atoms with Gasteiger partial charge < -0.3 is 71.2 Å². The SMILES string of the molecule is CN[C@@H]1CC[C@H]2C[C@H]3c4ccccc4C=C(c4cc(O)ccc4-c4cc(=O)c5c(O)c(O)c(O[C@H]6O[C@H](C(=O)O)[C@@H](O)[C@@](O)(CN=C(N)N)[C@H]6O)cc5o4)[C@@H]3[C@@]1(C=O)C2. The first-order valence-corrected chi connectivity index (χ1v) is 19.1. The number of aliphatic carboxylic acids is 1. The Labute approximate surface area is 335 Å². The maximum absolute atomic E-state index is 13.8. The van der Waals surface area contributed by atoms with E-state index in [4.69, 9.17) is 25.4 Å². The second kappa shape index (κ2) is 14.7. The lowest BCUT2D eigenvalue weighted by Gasteiger charge is -2.57. The topological polar surface area (TPSA) is 301 Å². The van der Waals surface area contributed by atoms with Crippen LogP contribution < -0.4 is 26.9 Å². The fraction of sp³-hybridized carbons (Fsp3) is 0.381. The number of carboxylic acids is 1. The molecule has 1 aromatic heterocycles. The number of nitrogens with zero attached hydrogens (tertiary/aromatic N) is 1. The van der Waals surface area contributed by atoms with E-state index < -0.39 is 82.2 Å². The molecule has 17 nitrogen and oxygen atoms in total. The number of carbonyl (C=O) groups excluding carboxylic acids is 1. The fourth-order valence-corrected chi connectivity index (χ4v) is 10.0. The zero-order chi connectivity index (χ0) is 42.1. The van der Waals surface area contributed by atoms with Crippen molar-refractivity contribution in [1.82, 2.24) is 5.32 Å². The molecule has 2 saturated carbocycles. The van der Waals surface area contributed by atoms with Gasteiger partial charge in [0.1, 0.15) is 46.6 Å². The van der Waals surface area contributed by atoms with Crippen LogP contribution in [0.25, 0.3) is 33.9 Å². The number of carbonyl (C=O) groups is 2. The van der Waals surface area contributed by atoms with Gasteiger partial charge in [-0.3, -0.25) is 9.79 Å². The summed E-state index contributed by atoms with van der Waals surface area (Å²) in [5, 5.41) is 78.8. The summed E-state index contributed by atoms with van der Waals surface area (Å²) >= 11 is 0. The van der Waals surface area contributed by atoms with Crippen LogP contribution in [-0.4, -0.2) is 104 Å². The molecule has 0 radical (unpaired) electrons. The summed E-state index contributed by atoms with van der Waals surface area (Å²) in [6.07, 6.45) is -2.42. The third kappa shape index (κ3) is 6.36. The van der Waals surface area contributed by atoms with Gasteiger partial charge in [0.15, 0.2) is 29.0 Å². The number of aliphatic hydroxyl groups excluding tert-OH is 2. The Morgan fingerprint density at radius 1 is 1.03 bits per heavy atom. The number of fused-ring (bicyclic) bond motifs is 7. The molecule has 10 atom stereocenters. The molecule has 310 valence electrons. The molecule has 2 bridgehead atoms. The molecular formula is C42H44N4O13. The number of ether oxygens (including phenoxy) is 2. The molecule has 3 aromatic carbocycles. The highest BCUT2D eigenvalue weighted by Crippen LogP contribution is 2.63. The van der Waals surface area contributed by atoms with E-state index in [1.165, 1.54) is 6.07 Å². The maximum Gasteiger partial charge on any atom is 0.335 e. The zero-order valence-corrected chi connectivity index (χ0v) is 31.7. The molecule has 4 aliphatic rings. The number of guanidine groups is 1. The Kier molecular flexibility index (Phi) is 9.91. The maximum atomic E-state index is 13.8. The molecule has 1 aliphatic heterocycles. The lowest BCUT2D eigenvalue weighted by Crippen LogP contribution is -2.70. The fourth-order valence-electron chi connectivity index (χ4n) is 10.0. The summed E-state index contributed by atoms with van der Waals surface area (Å²) in [6, 6.07) is 14.5. The highest BCUT2D eigenvalue weighted by Gasteiger charge is 2.59. The summed E-state index contributed by atoms with van der Waals surface area (Å²) in [5.74, 6) is -5.16. The van der Waals surface area contributed by atoms with Gasteiger partial charge in [0.25, 0.3) is 0 Å². The number of aliphatic imine (C=N–C) groups is 1. The third-order valence-electron chi connectivity index (χ3n) is 12.7. The van der Waals surface area contributed by atoms with Crippen LogP contribution >= 0.6 is 0 Å². The first-order chi connectivity index (χ1) is 28.1. The number of aliphatic hydroxyl groups is 3. The number of nitrogens with two attached hydrogens (primary N) is 2. The van der Waals surface area contributed by atoms with Gasteiger partial charge in [0, 0.05) is 35.1 Å². The van der Waals surface area contributed by atoms with Crippen LogP contribution in [0, 0.1) is 17.3 Å². The lowest BCUT2D eigenvalue weighted by atomic mass is 9.47. The number of benzene rings is 3. The van der Waals surface area contributed by atoms with Crippen molar-refractivity contribution in [3.05, 3.63) is 81.5 Å². The van der Waals surface area contributed by atoms with Crippen LogP contribution in [-0.2, 0) is 14.3 Å². The van der Waals surface area contributed by atoms with Crippen LogP contribution in [0.2, 0.25) is 0 Å². The van der Waals surface area contributed by atoms with E-state index in [0.29, 0.717) is 23.5 Å². The molecular weight excluding hydrogens is 768 g/mol. The molecule has 59 heavy (non-hydrogen) atoms. The number of hydrogen-bond acceptors (Lipinski definition) is 14. The van der Waals surface area contributed by atoms with Crippen LogP contribution in [0.4, 0.5) is 0 Å². The number of aldehydes is 1. The average molecular weight is 813 g/mol. The summed E-state index contributed by atoms with van der Waals surface area (Å²) in [7, 11) is 1.86. The van der Waals surface area contributed by atoms with E-state index >= 15 is 0 Å². The Hall–Kier alpha value is -5.98. The number of nitrogens with one attached hydrogen (secondary N) is 1. The van der Waals surface area contributed by atoms with Crippen molar-refractivity contribution >= 4 is 40.8 Å². The van der Waals surface area contributed by atoms with Crippen molar-refractivity contribution < 1.29 is 59.2 Å². The van der Waals surface area contributed by atoms with Crippen molar-refractivity contribution in [1.29, 1.82) is 0 Å². The smallest absolute Gasteiger partial charge is 0.335 e. The quantitative estimate of drug-likeness (QED) is 0.0498. The zero-order valence-electron chi connectivity index (χ0n) is 31.7. The van der Waals surface area contributed by atoms with Gasteiger partial charge in [-0.25, -0.2) is 4.79 Å². The second-order valence-corrected chi connectivity index (χ2v) is 15.9. The first kappa shape index (κ1) is 39.8. The van der Waals surface area contributed by atoms with Gasteiger partial charge in [-0.05, 0) is 85.0 Å². The van der Waals surface area contributed by atoms with Crippen LogP contribution in [0.5, 0.6) is 23.0 Å². The number of hydrogen-bond donors (Lipinski definition) is 10. The van der Waals surface area contributed by atoms with Crippen molar-refractivity contribution in [2.24, 2.45) is 33.7 Å². The van der Waals surface area contributed by atoms with E-state index in [-0.39, 0.29) is 35.0 Å². The van der Waals surface area contributed by atoms with Gasteiger partial charge in [0.2, 0.25) is 12.0 Å². The summed E-state index contributed by atoms with van der Waals surface area (Å²) < 4.78 is 17.2. The Morgan fingerprint density at radius 3 is 2.51 bits per heavy atom. The molecule has 17 heteroatoms. The molecule has 8 rings (SSSR count). The van der Waals surface area contributed by atoms with E-state index in [2.05, 4.69) is 16.4 Å². The average Bonchev–Trinajstić information content (AvgIpc) is 3.21. The van der Waals surface area contributed by atoms with E-state index in [9.17, 15) is 50.1 Å². The molecule has 1 saturated heterocycles. The molecule has 2 heterocycles. The van der Waals surface area contributed by atoms with Gasteiger partial charge in [0.05, 0.1) is 6.54 Å². The molecule has 3 aliphatic carbocycles. The van der Waals surface area contributed by atoms with Crippen LogP contribution in [0.1, 0.15) is 48.3 Å². The molecule has 0 unspecified atom stereocenters. The summed E-state index contributed by atoms with van der Waals surface area (Å²) in [6.45, 7) is -0.888. The highest BCUT2D eigenvalue weighted by atomic mass is 16.7. The van der Waals surface area contributed by atoms with Crippen molar-refractivity contribution in [2.75, 3.05) is 13.6 Å². The number of allylic oxidation sites excluding steroid dienone is 1. The van der Waals surface area contributed by atoms with Crippen molar-refractivity contribution in [2.45, 2.75) is 67.8 Å². The Bertz CT molecular complexity index is 2480. The minimum atomic E-state index is -2.75. The minimum Gasteiger partial charge on any atom is -0.508 e.